The van der Waals surface area contributed by atoms with E-state index in [1.807, 2.05) is 30.3 Å². The van der Waals surface area contributed by atoms with Gasteiger partial charge < -0.3 is 20.5 Å². The van der Waals surface area contributed by atoms with E-state index in [1.165, 1.54) is 0 Å². The van der Waals surface area contributed by atoms with Crippen molar-refractivity contribution in [2.75, 3.05) is 5.32 Å². The number of rotatable bonds is 6. The van der Waals surface area contributed by atoms with Crippen LogP contribution in [0.1, 0.15) is 28.8 Å². The molecule has 2 fully saturated rings. The highest BCUT2D eigenvalue weighted by molar-refractivity contribution is 5.99. The first kappa shape index (κ1) is 19.1. The van der Waals surface area contributed by atoms with E-state index in [-0.39, 0.29) is 17.9 Å². The third-order valence-corrected chi connectivity index (χ3v) is 5.55. The number of benzene rings is 2. The molecule has 29 heavy (non-hydrogen) atoms. The van der Waals surface area contributed by atoms with Gasteiger partial charge in [0.2, 0.25) is 5.91 Å². The summed E-state index contributed by atoms with van der Waals surface area (Å²) in [5.41, 5.74) is 1.85. The number of hydrogen-bond donors (Lipinski definition) is 3. The van der Waals surface area contributed by atoms with Gasteiger partial charge in [-0.05, 0) is 36.6 Å². The van der Waals surface area contributed by atoms with Crippen LogP contribution in [0.2, 0.25) is 0 Å². The monoisotopic (exact) mass is 394 g/mol. The first-order valence-corrected chi connectivity index (χ1v) is 9.64. The van der Waals surface area contributed by atoms with Crippen molar-refractivity contribution in [2.45, 2.75) is 31.6 Å². The van der Waals surface area contributed by atoms with Gasteiger partial charge in [-0.25, -0.2) is 0 Å². The largest absolute Gasteiger partial charge is 0.481 e. The highest BCUT2D eigenvalue weighted by Gasteiger charge is 2.55. The third kappa shape index (κ3) is 4.00. The molecular formula is C22H22N2O5. The molecule has 2 aliphatic heterocycles. The van der Waals surface area contributed by atoms with Crippen molar-refractivity contribution < 1.29 is 24.2 Å². The van der Waals surface area contributed by atoms with E-state index in [9.17, 15) is 19.5 Å². The molecular weight excluding hydrogens is 372 g/mol. The molecule has 2 heterocycles. The smallest absolute Gasteiger partial charge is 0.310 e. The topological polar surface area (TPSA) is 105 Å². The van der Waals surface area contributed by atoms with Gasteiger partial charge in [-0.2, -0.15) is 0 Å². The lowest BCUT2D eigenvalue weighted by atomic mass is 9.78. The Morgan fingerprint density at radius 3 is 2.41 bits per heavy atom. The molecule has 4 atom stereocenters. The van der Waals surface area contributed by atoms with Gasteiger partial charge >= 0.3 is 5.97 Å². The highest BCUT2D eigenvalue weighted by atomic mass is 16.5. The molecule has 150 valence electrons. The Labute approximate surface area is 168 Å². The summed E-state index contributed by atoms with van der Waals surface area (Å²) >= 11 is 0. The molecule has 0 spiro atoms. The highest BCUT2D eigenvalue weighted by Crippen LogP contribution is 2.44. The van der Waals surface area contributed by atoms with E-state index in [0.717, 1.165) is 5.56 Å². The van der Waals surface area contributed by atoms with Crippen LogP contribution < -0.4 is 10.6 Å². The molecule has 7 nitrogen and oxygen atoms in total. The number of hydrogen-bond acceptors (Lipinski definition) is 4. The van der Waals surface area contributed by atoms with Gasteiger partial charge in [0, 0.05) is 17.8 Å². The molecule has 0 unspecified atom stereocenters. The number of anilines is 1. The summed E-state index contributed by atoms with van der Waals surface area (Å²) in [6.45, 7) is 0.402. The second kappa shape index (κ2) is 8.05. The van der Waals surface area contributed by atoms with Crippen molar-refractivity contribution in [1.29, 1.82) is 0 Å². The Morgan fingerprint density at radius 2 is 1.69 bits per heavy atom. The number of carboxylic acid groups (broad SMARTS) is 1. The van der Waals surface area contributed by atoms with Gasteiger partial charge in [0.25, 0.3) is 5.91 Å². The van der Waals surface area contributed by atoms with Gasteiger partial charge in [0.05, 0.1) is 24.0 Å². The number of carbonyl (C=O) groups is 3. The van der Waals surface area contributed by atoms with E-state index >= 15 is 0 Å². The molecule has 2 saturated heterocycles. The standard InChI is InChI=1S/C22H22N2O5/c25-20(23-12-13-5-2-1-3-6-13)14-7-4-8-15(11-14)24-21(26)18-16-9-10-17(29-16)19(18)22(27)28/h1-8,11,16-19H,9-10,12H2,(H,23,25)(H,24,26)(H,27,28)/t16-,17-,18+,19-/m0/s1. The van der Waals surface area contributed by atoms with Gasteiger partial charge in [-0.15, -0.1) is 0 Å². The lowest BCUT2D eigenvalue weighted by molar-refractivity contribution is -0.147. The maximum Gasteiger partial charge on any atom is 0.310 e. The molecule has 4 rings (SSSR count). The van der Waals surface area contributed by atoms with Gasteiger partial charge in [-0.3, -0.25) is 14.4 Å². The number of fused-ring (bicyclic) bond motifs is 2. The van der Waals surface area contributed by atoms with Crippen molar-refractivity contribution in [1.82, 2.24) is 5.32 Å². The van der Waals surface area contributed by atoms with Crippen LogP contribution in [-0.2, 0) is 20.9 Å². The van der Waals surface area contributed by atoms with Gasteiger partial charge in [-0.1, -0.05) is 36.4 Å². The Bertz CT molecular complexity index is 930. The molecule has 0 aliphatic carbocycles. The molecule has 2 aromatic carbocycles. The fourth-order valence-corrected chi connectivity index (χ4v) is 4.17. The molecule has 2 aromatic rings. The molecule has 2 bridgehead atoms. The summed E-state index contributed by atoms with van der Waals surface area (Å²) < 4.78 is 5.65. The average molecular weight is 394 g/mol. The molecule has 3 N–H and O–H groups in total. The molecule has 0 radical (unpaired) electrons. The van der Waals surface area contributed by atoms with E-state index in [2.05, 4.69) is 10.6 Å². The van der Waals surface area contributed by atoms with E-state index < -0.39 is 23.9 Å². The van der Waals surface area contributed by atoms with Crippen molar-refractivity contribution in [3.05, 3.63) is 65.7 Å². The van der Waals surface area contributed by atoms with Crippen LogP contribution in [0.25, 0.3) is 0 Å². The van der Waals surface area contributed by atoms with Crippen molar-refractivity contribution >= 4 is 23.5 Å². The number of carboxylic acids is 1. The summed E-state index contributed by atoms with van der Waals surface area (Å²) in [5, 5.41) is 15.1. The van der Waals surface area contributed by atoms with Crippen molar-refractivity contribution in [2.24, 2.45) is 11.8 Å². The maximum atomic E-state index is 12.8. The van der Waals surface area contributed by atoms with E-state index in [4.69, 9.17) is 4.74 Å². The molecule has 0 saturated carbocycles. The van der Waals surface area contributed by atoms with Crippen LogP contribution in [0, 0.1) is 11.8 Å². The van der Waals surface area contributed by atoms with Gasteiger partial charge in [0.1, 0.15) is 0 Å². The Morgan fingerprint density at radius 1 is 0.966 bits per heavy atom. The quantitative estimate of drug-likeness (QED) is 0.698. The second-order valence-corrected chi connectivity index (χ2v) is 7.42. The first-order chi connectivity index (χ1) is 14.0. The summed E-state index contributed by atoms with van der Waals surface area (Å²) in [6.07, 6.45) is 0.596. The summed E-state index contributed by atoms with van der Waals surface area (Å²) in [6, 6.07) is 16.2. The number of ether oxygens (including phenoxy) is 1. The Kier molecular flexibility index (Phi) is 5.31. The number of amides is 2. The Balaban J connectivity index is 1.41. The minimum absolute atomic E-state index is 0.253. The zero-order valence-electron chi connectivity index (χ0n) is 15.7. The van der Waals surface area contributed by atoms with Crippen LogP contribution in [0.4, 0.5) is 5.69 Å². The molecule has 2 aliphatic rings. The zero-order chi connectivity index (χ0) is 20.4. The minimum atomic E-state index is -1.01. The lowest BCUT2D eigenvalue weighted by Gasteiger charge is -2.23. The van der Waals surface area contributed by atoms with Gasteiger partial charge in [0.15, 0.2) is 0 Å². The normalized spacial score (nSPS) is 24.8. The summed E-state index contributed by atoms with van der Waals surface area (Å²) in [5.74, 6) is -3.19. The Hall–Kier alpha value is -3.19. The third-order valence-electron chi connectivity index (χ3n) is 5.55. The van der Waals surface area contributed by atoms with Crippen LogP contribution in [0.5, 0.6) is 0 Å². The number of aliphatic carboxylic acids is 1. The van der Waals surface area contributed by atoms with E-state index in [1.54, 1.807) is 24.3 Å². The van der Waals surface area contributed by atoms with Crippen molar-refractivity contribution in [3.63, 3.8) is 0 Å². The summed E-state index contributed by atoms with van der Waals surface area (Å²) in [7, 11) is 0. The predicted octanol–water partition coefficient (Wildman–Crippen LogP) is 2.43. The summed E-state index contributed by atoms with van der Waals surface area (Å²) in [4.78, 5) is 36.8. The first-order valence-electron chi connectivity index (χ1n) is 9.64. The maximum absolute atomic E-state index is 12.8. The minimum Gasteiger partial charge on any atom is -0.481 e. The predicted molar refractivity (Wildman–Crippen MR) is 105 cm³/mol. The van der Waals surface area contributed by atoms with E-state index in [0.29, 0.717) is 30.6 Å². The van der Waals surface area contributed by atoms with Crippen LogP contribution in [0.3, 0.4) is 0 Å². The lowest BCUT2D eigenvalue weighted by Crippen LogP contribution is -2.41. The van der Waals surface area contributed by atoms with Crippen LogP contribution in [0.15, 0.2) is 54.6 Å². The van der Waals surface area contributed by atoms with Crippen LogP contribution >= 0.6 is 0 Å². The van der Waals surface area contributed by atoms with Crippen LogP contribution in [-0.4, -0.2) is 35.1 Å². The molecule has 7 heteroatoms. The molecule has 0 aromatic heterocycles. The van der Waals surface area contributed by atoms with Crippen molar-refractivity contribution in [3.8, 4) is 0 Å². The SMILES string of the molecule is O=C(NCc1ccccc1)c1cccc(NC(=O)[C@H]2[C@@H](C(=O)O)[C@@H]3CC[C@@H]2O3)c1. The number of carbonyl (C=O) groups excluding carboxylic acids is 2. The second-order valence-electron chi connectivity index (χ2n) is 7.42. The molecule has 2 amide bonds. The zero-order valence-corrected chi connectivity index (χ0v) is 15.7. The number of nitrogens with one attached hydrogen (secondary N) is 2. The average Bonchev–Trinajstić information content (AvgIpc) is 3.34. The fourth-order valence-electron chi connectivity index (χ4n) is 4.17. The fraction of sp³-hybridized carbons (Fsp3) is 0.318.